The number of rotatable bonds is 0. The van der Waals surface area contributed by atoms with Gasteiger partial charge in [0.1, 0.15) is 0 Å². The van der Waals surface area contributed by atoms with Crippen molar-refractivity contribution in [3.8, 4) is 0 Å². The van der Waals surface area contributed by atoms with Gasteiger partial charge in [-0.25, -0.2) is 9.80 Å². The molecule has 2 aliphatic rings. The second-order valence-corrected chi connectivity index (χ2v) is 5.59. The topological polar surface area (TPSA) is 109 Å². The van der Waals surface area contributed by atoms with Crippen molar-refractivity contribution in [2.45, 2.75) is 27.7 Å². The molecule has 0 N–H and O–H groups in total. The second-order valence-electron chi connectivity index (χ2n) is 5.59. The van der Waals surface area contributed by atoms with Gasteiger partial charge in [-0.1, -0.05) is 52.0 Å². The molecule has 30 heavy (non-hydrogen) atoms. The highest BCUT2D eigenvalue weighted by atomic mass is 16.2. The number of benzene rings is 2. The predicted molar refractivity (Wildman–Crippen MR) is 107 cm³/mol. The van der Waals surface area contributed by atoms with Gasteiger partial charge in [0.25, 0.3) is 23.6 Å². The number of hydrogen-bond acceptors (Lipinski definition) is 6. The normalized spacial score (nSPS) is 13.7. The zero-order valence-electron chi connectivity index (χ0n) is 17.0. The van der Waals surface area contributed by atoms with E-state index in [-0.39, 0.29) is 32.1 Å². The van der Waals surface area contributed by atoms with Gasteiger partial charge in [-0.05, 0) is 24.3 Å². The van der Waals surface area contributed by atoms with Gasteiger partial charge in [-0.15, -0.1) is 0 Å². The molecule has 2 aromatic carbocycles. The van der Waals surface area contributed by atoms with E-state index in [0.29, 0.717) is 0 Å². The summed E-state index contributed by atoms with van der Waals surface area (Å²) in [6, 6.07) is 11.4. The Morgan fingerprint density at radius 1 is 0.500 bits per heavy atom. The monoisotopic (exact) mass is 408 g/mol. The first-order chi connectivity index (χ1) is 14.4. The van der Waals surface area contributed by atoms with Crippen molar-refractivity contribution in [1.29, 1.82) is 0 Å². The second kappa shape index (κ2) is 9.04. The van der Waals surface area contributed by atoms with Crippen LogP contribution in [0, 0.1) is 0 Å². The van der Waals surface area contributed by atoms with Crippen molar-refractivity contribution in [3.05, 3.63) is 70.8 Å². The van der Waals surface area contributed by atoms with Crippen LogP contribution in [0.25, 0.3) is 0 Å². The highest BCUT2D eigenvalue weighted by Crippen LogP contribution is 2.26. The largest absolute Gasteiger partial charge is 0.327 e. The van der Waals surface area contributed by atoms with Gasteiger partial charge in [0.2, 0.25) is 0 Å². The average molecular weight is 408 g/mol. The van der Waals surface area contributed by atoms with Crippen LogP contribution in [0.5, 0.6) is 0 Å². The van der Waals surface area contributed by atoms with Crippen LogP contribution < -0.4 is 0 Å². The van der Waals surface area contributed by atoms with Gasteiger partial charge in [0.05, 0.1) is 22.3 Å². The van der Waals surface area contributed by atoms with Crippen LogP contribution in [0.4, 0.5) is 0 Å². The molecule has 4 rings (SSSR count). The third kappa shape index (κ3) is 3.32. The molecule has 6 amide bonds. The maximum atomic E-state index is 12.5. The molecule has 0 radical (unpaired) electrons. The van der Waals surface area contributed by atoms with Gasteiger partial charge in [0, 0.05) is 0 Å². The summed E-state index contributed by atoms with van der Waals surface area (Å²) < 4.78 is 0. The van der Waals surface area contributed by atoms with E-state index in [0.717, 1.165) is 0 Å². The van der Waals surface area contributed by atoms with Gasteiger partial charge >= 0.3 is 11.8 Å². The number of carbonyl (C=O) groups is 6. The number of amides is 6. The molecule has 0 aromatic heterocycles. The minimum atomic E-state index is -1.55. The summed E-state index contributed by atoms with van der Waals surface area (Å²) in [5.74, 6) is -6.99. The highest BCUT2D eigenvalue weighted by Gasteiger charge is 2.48. The van der Waals surface area contributed by atoms with E-state index in [2.05, 4.69) is 0 Å². The fourth-order valence-electron chi connectivity index (χ4n) is 2.94. The predicted octanol–water partition coefficient (Wildman–Crippen LogP) is 2.68. The highest BCUT2D eigenvalue weighted by molar-refractivity contribution is 6.51. The van der Waals surface area contributed by atoms with Crippen LogP contribution in [0.3, 0.4) is 0 Å². The van der Waals surface area contributed by atoms with E-state index in [9.17, 15) is 28.8 Å². The summed E-state index contributed by atoms with van der Waals surface area (Å²) in [4.78, 5) is 74.4. The summed E-state index contributed by atoms with van der Waals surface area (Å²) in [6.07, 6.45) is 0. The Morgan fingerprint density at radius 2 is 0.700 bits per heavy atom. The number of fused-ring (bicyclic) bond motifs is 2. The lowest BCUT2D eigenvalue weighted by Crippen LogP contribution is -2.49. The summed E-state index contributed by atoms with van der Waals surface area (Å²) in [5, 5.41) is 0. The quantitative estimate of drug-likeness (QED) is 0.490. The maximum Gasteiger partial charge on any atom is 0.327 e. The van der Waals surface area contributed by atoms with Crippen molar-refractivity contribution >= 4 is 35.4 Å². The fourth-order valence-corrected chi connectivity index (χ4v) is 2.94. The Morgan fingerprint density at radius 3 is 0.900 bits per heavy atom. The van der Waals surface area contributed by atoms with Crippen molar-refractivity contribution in [3.63, 3.8) is 0 Å². The third-order valence-corrected chi connectivity index (χ3v) is 4.18. The molecule has 154 valence electrons. The van der Waals surface area contributed by atoms with E-state index in [1.165, 1.54) is 48.5 Å². The summed E-state index contributed by atoms with van der Waals surface area (Å²) in [7, 11) is 0. The van der Waals surface area contributed by atoms with Gasteiger partial charge in [-0.3, -0.25) is 28.8 Å². The lowest BCUT2D eigenvalue weighted by atomic mass is 10.1. The maximum absolute atomic E-state index is 12.5. The van der Waals surface area contributed by atoms with Crippen LogP contribution in [-0.2, 0) is 9.59 Å². The number of hydrogen-bond donors (Lipinski definition) is 0. The molecule has 0 aliphatic carbocycles. The van der Waals surface area contributed by atoms with Crippen LogP contribution in [-0.4, -0.2) is 45.2 Å². The minimum Gasteiger partial charge on any atom is -0.268 e. The number of nitrogens with zero attached hydrogens (tertiary/aromatic N) is 2. The Kier molecular flexibility index (Phi) is 6.73. The third-order valence-electron chi connectivity index (χ3n) is 4.18. The van der Waals surface area contributed by atoms with Crippen LogP contribution in [0.2, 0.25) is 0 Å². The molecule has 0 spiro atoms. The molecular formula is C22H20N2O6. The zero-order valence-corrected chi connectivity index (χ0v) is 17.0. The molecule has 0 bridgehead atoms. The Balaban J connectivity index is 0.000000757. The van der Waals surface area contributed by atoms with Crippen LogP contribution in [0.15, 0.2) is 48.5 Å². The minimum absolute atomic E-state index is 0.0268. The lowest BCUT2D eigenvalue weighted by molar-refractivity contribution is -0.145. The van der Waals surface area contributed by atoms with Gasteiger partial charge < -0.3 is 0 Å². The van der Waals surface area contributed by atoms with Crippen LogP contribution >= 0.6 is 0 Å². The molecule has 2 aliphatic heterocycles. The van der Waals surface area contributed by atoms with E-state index in [1.807, 2.05) is 27.7 Å². The summed E-state index contributed by atoms with van der Waals surface area (Å²) in [5.41, 5.74) is -0.107. The Labute approximate surface area is 173 Å². The van der Waals surface area contributed by atoms with Crippen molar-refractivity contribution in [2.75, 3.05) is 0 Å². The first-order valence-electron chi connectivity index (χ1n) is 9.47. The molecule has 0 saturated heterocycles. The van der Waals surface area contributed by atoms with E-state index >= 15 is 0 Å². The zero-order chi connectivity index (χ0) is 22.6. The van der Waals surface area contributed by atoms with Crippen molar-refractivity contribution < 1.29 is 28.8 Å². The molecule has 0 unspecified atom stereocenters. The molecule has 0 saturated carbocycles. The molecule has 2 aromatic rings. The van der Waals surface area contributed by atoms with Gasteiger partial charge in [0.15, 0.2) is 0 Å². The average Bonchev–Trinajstić information content (AvgIpc) is 3.20. The summed E-state index contributed by atoms with van der Waals surface area (Å²) in [6.45, 7) is 8.00. The molecule has 8 nitrogen and oxygen atoms in total. The number of imide groups is 6. The van der Waals surface area contributed by atoms with Crippen LogP contribution in [0.1, 0.15) is 69.1 Å². The van der Waals surface area contributed by atoms with E-state index < -0.39 is 35.4 Å². The molecule has 0 fully saturated rings. The van der Waals surface area contributed by atoms with Crippen molar-refractivity contribution in [1.82, 2.24) is 9.80 Å². The van der Waals surface area contributed by atoms with E-state index in [1.54, 1.807) is 0 Å². The lowest BCUT2D eigenvalue weighted by Gasteiger charge is -2.15. The first-order valence-corrected chi connectivity index (χ1v) is 9.47. The molecule has 0 atom stereocenters. The standard InChI is InChI=1S/C18H8N2O6.2C2H6/c21-13-9-5-1-2-6-10(9)14(22)19(13)17(25)18(26)20-15(23)11-7-3-4-8-12(11)16(20)24;2*1-2/h1-8H;2*1-2H3. The summed E-state index contributed by atoms with van der Waals surface area (Å²) >= 11 is 0. The fraction of sp³-hybridized carbons (Fsp3) is 0.182. The molecule has 2 heterocycles. The SMILES string of the molecule is CC.CC.O=C(C(=O)N1C(=O)c2ccccc2C1=O)N1C(=O)c2ccccc2C1=O. The Bertz CT molecular complexity index is 917. The van der Waals surface area contributed by atoms with Crippen molar-refractivity contribution in [2.24, 2.45) is 0 Å². The van der Waals surface area contributed by atoms with Gasteiger partial charge in [-0.2, -0.15) is 0 Å². The molecule has 8 heteroatoms. The molecular weight excluding hydrogens is 388 g/mol. The smallest absolute Gasteiger partial charge is 0.268 e. The Hall–Kier alpha value is -3.94. The van der Waals surface area contributed by atoms with E-state index in [4.69, 9.17) is 0 Å². The first kappa shape index (κ1) is 22.4. The number of carbonyl (C=O) groups excluding carboxylic acids is 6.